The Bertz CT molecular complexity index is 960. The van der Waals surface area contributed by atoms with E-state index in [0.29, 0.717) is 25.3 Å². The largest absolute Gasteiger partial charge is 0.504 e. The first-order valence-electron chi connectivity index (χ1n) is 10.5. The molecule has 6 nitrogen and oxygen atoms in total. The number of nitrogens with zero attached hydrogens (tertiary/aromatic N) is 2. The Balaban J connectivity index is 1.72. The topological polar surface area (TPSA) is 74.2 Å². The van der Waals surface area contributed by atoms with E-state index < -0.39 is 5.66 Å². The fraction of sp³-hybridized carbons (Fsp3) is 0.417. The predicted octanol–water partition coefficient (Wildman–Crippen LogP) is 3.57. The van der Waals surface area contributed by atoms with Gasteiger partial charge in [-0.25, -0.2) is 0 Å². The molecule has 2 aromatic carbocycles. The first-order valence-corrected chi connectivity index (χ1v) is 10.5. The van der Waals surface area contributed by atoms with E-state index in [-0.39, 0.29) is 17.7 Å². The lowest BCUT2D eigenvalue weighted by atomic mass is 9.87. The number of amides is 1. The molecule has 1 spiro atoms. The van der Waals surface area contributed by atoms with Crippen molar-refractivity contribution >= 4 is 11.6 Å². The van der Waals surface area contributed by atoms with E-state index in [9.17, 15) is 9.90 Å². The molecule has 1 amide bonds. The van der Waals surface area contributed by atoms with Crippen molar-refractivity contribution < 1.29 is 14.6 Å². The Morgan fingerprint density at radius 2 is 1.90 bits per heavy atom. The normalized spacial score (nSPS) is 20.7. The molecule has 2 aliphatic heterocycles. The van der Waals surface area contributed by atoms with Gasteiger partial charge in [-0.3, -0.25) is 15.1 Å². The number of methoxy groups -OCH3 is 1. The number of ether oxygens (including phenoxy) is 1. The average molecular weight is 408 g/mol. The maximum Gasteiger partial charge on any atom is 0.219 e. The molecule has 2 N–H and O–H groups in total. The van der Waals surface area contributed by atoms with E-state index in [1.54, 1.807) is 20.1 Å². The summed E-state index contributed by atoms with van der Waals surface area (Å²) in [6, 6.07) is 13.9. The van der Waals surface area contributed by atoms with Gasteiger partial charge in [0.25, 0.3) is 0 Å². The molecule has 0 aromatic heterocycles. The average Bonchev–Trinajstić information content (AvgIpc) is 2.74. The van der Waals surface area contributed by atoms with Crippen molar-refractivity contribution in [3.05, 3.63) is 59.2 Å². The fourth-order valence-corrected chi connectivity index (χ4v) is 4.45. The smallest absolute Gasteiger partial charge is 0.219 e. The summed E-state index contributed by atoms with van der Waals surface area (Å²) in [6.45, 7) is 5.03. The molecule has 0 bridgehead atoms. The molecule has 2 heterocycles. The third kappa shape index (κ3) is 3.92. The highest BCUT2D eigenvalue weighted by molar-refractivity contribution is 6.01. The van der Waals surface area contributed by atoms with E-state index in [1.807, 2.05) is 17.0 Å². The summed E-state index contributed by atoms with van der Waals surface area (Å²) in [5.74, 6) is 0.735. The van der Waals surface area contributed by atoms with Gasteiger partial charge in [0.05, 0.1) is 7.11 Å². The molecule has 0 saturated carbocycles. The van der Waals surface area contributed by atoms with Crippen LogP contribution in [0.2, 0.25) is 0 Å². The maximum atomic E-state index is 11.8. The lowest BCUT2D eigenvalue weighted by Crippen LogP contribution is -2.56. The van der Waals surface area contributed by atoms with Gasteiger partial charge in [0.15, 0.2) is 11.5 Å². The molecule has 0 unspecified atom stereocenters. The molecule has 1 atom stereocenters. The first-order chi connectivity index (χ1) is 14.4. The van der Waals surface area contributed by atoms with Crippen LogP contribution in [0.1, 0.15) is 48.9 Å². The van der Waals surface area contributed by atoms with E-state index in [0.717, 1.165) is 29.7 Å². The van der Waals surface area contributed by atoms with Crippen LogP contribution in [0.3, 0.4) is 0 Å². The third-order valence-corrected chi connectivity index (χ3v) is 6.24. The summed E-state index contributed by atoms with van der Waals surface area (Å²) in [5.41, 5.74) is 3.69. The van der Waals surface area contributed by atoms with Crippen molar-refractivity contribution in [2.75, 3.05) is 20.2 Å². The van der Waals surface area contributed by atoms with Crippen LogP contribution in [-0.2, 0) is 4.79 Å². The number of nitrogens with one attached hydrogen (secondary N) is 1. The predicted molar refractivity (Wildman–Crippen MR) is 117 cm³/mol. The Kier molecular flexibility index (Phi) is 5.52. The number of piperidine rings is 1. The van der Waals surface area contributed by atoms with Crippen LogP contribution in [0.15, 0.2) is 47.5 Å². The Labute approximate surface area is 177 Å². The summed E-state index contributed by atoms with van der Waals surface area (Å²) in [6.07, 6.45) is 2.15. The third-order valence-electron chi connectivity index (χ3n) is 6.24. The van der Waals surface area contributed by atoms with Crippen LogP contribution in [0.5, 0.6) is 11.5 Å². The van der Waals surface area contributed by atoms with Crippen molar-refractivity contribution in [1.82, 2.24) is 10.2 Å². The number of aromatic hydroxyl groups is 1. The highest BCUT2D eigenvalue weighted by Crippen LogP contribution is 2.40. The highest BCUT2D eigenvalue weighted by atomic mass is 16.5. The number of hydrogen-bond donors (Lipinski definition) is 2. The lowest BCUT2D eigenvalue weighted by Gasteiger charge is -2.45. The molecule has 158 valence electrons. The SMILES string of the molecule is COc1cccc([C@@H]2CC(c3ccc(C)cc3)=NC3(CCN(C(C)=O)CC3)N2)c1O. The second-order valence-electron chi connectivity index (χ2n) is 8.26. The van der Waals surface area contributed by atoms with Gasteiger partial charge >= 0.3 is 0 Å². The van der Waals surface area contributed by atoms with Gasteiger partial charge in [-0.1, -0.05) is 42.0 Å². The van der Waals surface area contributed by atoms with E-state index >= 15 is 0 Å². The molecular weight excluding hydrogens is 378 g/mol. The van der Waals surface area contributed by atoms with Crippen LogP contribution < -0.4 is 10.1 Å². The molecule has 2 aromatic rings. The van der Waals surface area contributed by atoms with E-state index in [1.165, 1.54) is 5.56 Å². The number of aliphatic imine (C=N–C) groups is 1. The minimum Gasteiger partial charge on any atom is -0.504 e. The standard InChI is InChI=1S/C24H29N3O3/c1-16-7-9-18(10-8-16)20-15-21(19-5-4-6-22(30-3)23(19)29)26-24(25-20)11-13-27(14-12-24)17(2)28/h4-10,21,26,29H,11-15H2,1-3H3/t21-/m0/s1. The number of carbonyl (C=O) groups is 1. The Hall–Kier alpha value is -2.86. The number of phenolic OH excluding ortho intramolecular Hbond substituents is 1. The number of hydrogen-bond acceptors (Lipinski definition) is 5. The summed E-state index contributed by atoms with van der Waals surface area (Å²) in [7, 11) is 1.56. The number of rotatable bonds is 3. The molecule has 4 rings (SSSR count). The quantitative estimate of drug-likeness (QED) is 0.816. The van der Waals surface area contributed by atoms with Crippen molar-refractivity contribution in [3.8, 4) is 11.5 Å². The number of aryl methyl sites for hydroxylation is 1. The summed E-state index contributed by atoms with van der Waals surface area (Å²) in [5, 5.41) is 14.5. The molecule has 1 saturated heterocycles. The minimum absolute atomic E-state index is 0.0993. The van der Waals surface area contributed by atoms with Gasteiger partial charge < -0.3 is 14.7 Å². The zero-order chi connectivity index (χ0) is 21.3. The number of carbonyl (C=O) groups excluding carboxylic acids is 1. The molecule has 1 fully saturated rings. The van der Waals surface area contributed by atoms with Crippen molar-refractivity contribution in [1.29, 1.82) is 0 Å². The van der Waals surface area contributed by atoms with Crippen molar-refractivity contribution in [2.24, 2.45) is 4.99 Å². The number of phenols is 1. The first kappa shape index (κ1) is 20.4. The fourth-order valence-electron chi connectivity index (χ4n) is 4.45. The van der Waals surface area contributed by atoms with Gasteiger partial charge in [-0.05, 0) is 18.6 Å². The van der Waals surface area contributed by atoms with Crippen LogP contribution in [0.4, 0.5) is 0 Å². The molecule has 0 aliphatic carbocycles. The van der Waals surface area contributed by atoms with Gasteiger partial charge in [0.2, 0.25) is 5.91 Å². The van der Waals surface area contributed by atoms with Crippen LogP contribution in [0.25, 0.3) is 0 Å². The second-order valence-corrected chi connectivity index (χ2v) is 8.26. The zero-order valence-corrected chi connectivity index (χ0v) is 17.8. The van der Waals surface area contributed by atoms with Crippen LogP contribution in [-0.4, -0.2) is 47.5 Å². The molecule has 30 heavy (non-hydrogen) atoms. The number of para-hydroxylation sites is 1. The van der Waals surface area contributed by atoms with Crippen molar-refractivity contribution in [3.63, 3.8) is 0 Å². The van der Waals surface area contributed by atoms with E-state index in [2.05, 4.69) is 36.5 Å². The minimum atomic E-state index is -0.454. The number of benzene rings is 2. The maximum absolute atomic E-state index is 11.8. The summed E-state index contributed by atoms with van der Waals surface area (Å²) >= 11 is 0. The monoisotopic (exact) mass is 407 g/mol. The summed E-state index contributed by atoms with van der Waals surface area (Å²) in [4.78, 5) is 18.9. The molecule has 6 heteroatoms. The molecule has 2 aliphatic rings. The van der Waals surface area contributed by atoms with Gasteiger partial charge in [0.1, 0.15) is 5.66 Å². The van der Waals surface area contributed by atoms with Crippen LogP contribution in [0, 0.1) is 6.92 Å². The molecule has 0 radical (unpaired) electrons. The molecular formula is C24H29N3O3. The van der Waals surface area contributed by atoms with Gasteiger partial charge in [-0.15, -0.1) is 0 Å². The van der Waals surface area contributed by atoms with Crippen molar-refractivity contribution in [2.45, 2.75) is 44.8 Å². The Morgan fingerprint density at radius 1 is 1.20 bits per heavy atom. The summed E-state index contributed by atoms with van der Waals surface area (Å²) < 4.78 is 5.33. The second kappa shape index (κ2) is 8.11. The van der Waals surface area contributed by atoms with E-state index in [4.69, 9.17) is 9.73 Å². The van der Waals surface area contributed by atoms with Crippen LogP contribution >= 0.6 is 0 Å². The number of likely N-dealkylation sites (tertiary alicyclic amines) is 1. The lowest BCUT2D eigenvalue weighted by molar-refractivity contribution is -0.130. The Morgan fingerprint density at radius 3 is 2.53 bits per heavy atom. The zero-order valence-electron chi connectivity index (χ0n) is 17.8. The highest BCUT2D eigenvalue weighted by Gasteiger charge is 2.41. The van der Waals surface area contributed by atoms with Gasteiger partial charge in [0, 0.05) is 56.6 Å². The van der Waals surface area contributed by atoms with Gasteiger partial charge in [-0.2, -0.15) is 0 Å².